The zero-order valence-electron chi connectivity index (χ0n) is 12.1. The molecule has 0 amide bonds. The van der Waals surface area contributed by atoms with Crippen molar-refractivity contribution in [2.24, 2.45) is 11.8 Å². The highest BCUT2D eigenvalue weighted by atomic mass is 16.1. The molecule has 1 saturated carbocycles. The normalized spacial score (nSPS) is 24.4. The van der Waals surface area contributed by atoms with E-state index in [9.17, 15) is 4.79 Å². The van der Waals surface area contributed by atoms with Crippen molar-refractivity contribution in [3.63, 3.8) is 0 Å². The van der Waals surface area contributed by atoms with E-state index in [4.69, 9.17) is 5.26 Å². The summed E-state index contributed by atoms with van der Waals surface area (Å²) in [7, 11) is 0. The Balaban J connectivity index is 1.70. The number of hydrogen-bond donors (Lipinski definition) is 2. The zero-order chi connectivity index (χ0) is 15.1. The van der Waals surface area contributed by atoms with E-state index in [2.05, 4.69) is 26.2 Å². The van der Waals surface area contributed by atoms with Gasteiger partial charge in [0, 0.05) is 12.2 Å². The van der Waals surface area contributed by atoms with E-state index in [0.29, 0.717) is 11.5 Å². The standard InChI is InChI=1S/C16H17N5O/c17-9-10-1-5-12(6-2-10)21-8-7-13(11-3-4-11)14(21)15-18-16(22)20-19-15/h1-2,5-6,11,13-14H,3-4,7-8H2,(H2,18,19,20,22). The average Bonchev–Trinajstić information content (AvgIpc) is 3.15. The number of aromatic nitrogens is 3. The molecule has 0 spiro atoms. The Hall–Kier alpha value is -2.55. The van der Waals surface area contributed by atoms with Crippen molar-refractivity contribution in [3.05, 3.63) is 46.1 Å². The summed E-state index contributed by atoms with van der Waals surface area (Å²) in [5, 5.41) is 15.6. The Morgan fingerprint density at radius 3 is 2.59 bits per heavy atom. The van der Waals surface area contributed by atoms with Gasteiger partial charge in [0.05, 0.1) is 17.7 Å². The molecule has 2 aromatic rings. The molecule has 6 nitrogen and oxygen atoms in total. The predicted molar refractivity (Wildman–Crippen MR) is 81.3 cm³/mol. The smallest absolute Gasteiger partial charge is 0.340 e. The van der Waals surface area contributed by atoms with Crippen molar-refractivity contribution in [2.45, 2.75) is 25.3 Å². The first-order valence-electron chi connectivity index (χ1n) is 7.67. The van der Waals surface area contributed by atoms with Crippen molar-refractivity contribution in [1.82, 2.24) is 15.2 Å². The lowest BCUT2D eigenvalue weighted by Gasteiger charge is -2.28. The molecule has 112 valence electrons. The molecule has 1 aliphatic carbocycles. The van der Waals surface area contributed by atoms with Gasteiger partial charge in [-0.05, 0) is 55.4 Å². The highest BCUT2D eigenvalue weighted by Crippen LogP contribution is 2.50. The zero-order valence-corrected chi connectivity index (χ0v) is 12.1. The third kappa shape index (κ3) is 2.19. The second-order valence-corrected chi connectivity index (χ2v) is 6.15. The highest BCUT2D eigenvalue weighted by molar-refractivity contribution is 5.52. The van der Waals surface area contributed by atoms with Crippen LogP contribution in [0, 0.1) is 23.2 Å². The van der Waals surface area contributed by atoms with Crippen LogP contribution in [0.3, 0.4) is 0 Å². The van der Waals surface area contributed by atoms with Crippen molar-refractivity contribution >= 4 is 5.69 Å². The number of benzene rings is 1. The number of nitrogens with zero attached hydrogens (tertiary/aromatic N) is 3. The molecule has 2 fully saturated rings. The lowest BCUT2D eigenvalue weighted by molar-refractivity contribution is 0.415. The maximum absolute atomic E-state index is 11.4. The minimum Gasteiger partial charge on any atom is -0.361 e. The van der Waals surface area contributed by atoms with E-state index in [-0.39, 0.29) is 11.7 Å². The maximum Gasteiger partial charge on any atom is 0.340 e. The second-order valence-electron chi connectivity index (χ2n) is 6.15. The molecule has 4 rings (SSSR count). The topological polar surface area (TPSA) is 88.6 Å². The molecule has 22 heavy (non-hydrogen) atoms. The van der Waals surface area contributed by atoms with Crippen molar-refractivity contribution < 1.29 is 0 Å². The van der Waals surface area contributed by atoms with Crippen LogP contribution >= 0.6 is 0 Å². The lowest BCUT2D eigenvalue weighted by atomic mass is 9.94. The summed E-state index contributed by atoms with van der Waals surface area (Å²) in [6, 6.07) is 9.89. The van der Waals surface area contributed by atoms with Gasteiger partial charge in [-0.3, -0.25) is 4.98 Å². The monoisotopic (exact) mass is 295 g/mol. The van der Waals surface area contributed by atoms with Crippen LogP contribution in [0.4, 0.5) is 5.69 Å². The average molecular weight is 295 g/mol. The molecule has 1 saturated heterocycles. The minimum atomic E-state index is -0.253. The molecule has 1 aromatic heterocycles. The third-order valence-corrected chi connectivity index (χ3v) is 4.80. The van der Waals surface area contributed by atoms with Gasteiger partial charge in [-0.2, -0.15) is 10.4 Å². The summed E-state index contributed by atoms with van der Waals surface area (Å²) in [5.41, 5.74) is 1.48. The molecule has 1 aliphatic heterocycles. The summed E-state index contributed by atoms with van der Waals surface area (Å²) < 4.78 is 0. The van der Waals surface area contributed by atoms with Crippen molar-refractivity contribution in [1.29, 1.82) is 5.26 Å². The molecule has 0 radical (unpaired) electrons. The Morgan fingerprint density at radius 2 is 2.00 bits per heavy atom. The number of H-pyrrole nitrogens is 2. The van der Waals surface area contributed by atoms with Crippen LogP contribution in [0.1, 0.15) is 36.7 Å². The van der Waals surface area contributed by atoms with E-state index in [1.54, 1.807) is 0 Å². The predicted octanol–water partition coefficient (Wildman–Crippen LogP) is 1.95. The molecule has 2 heterocycles. The third-order valence-electron chi connectivity index (χ3n) is 4.80. The number of rotatable bonds is 3. The van der Waals surface area contributed by atoms with Crippen LogP contribution in [0.25, 0.3) is 0 Å². The Bertz CT molecular complexity index is 765. The van der Waals surface area contributed by atoms with Gasteiger partial charge < -0.3 is 4.90 Å². The number of hydrogen-bond acceptors (Lipinski definition) is 4. The molecule has 2 N–H and O–H groups in total. The molecule has 2 unspecified atom stereocenters. The molecular weight excluding hydrogens is 278 g/mol. The van der Waals surface area contributed by atoms with Crippen LogP contribution in [-0.4, -0.2) is 21.7 Å². The Morgan fingerprint density at radius 1 is 1.23 bits per heavy atom. The fourth-order valence-corrected chi connectivity index (χ4v) is 3.62. The molecule has 0 bridgehead atoms. The largest absolute Gasteiger partial charge is 0.361 e. The first-order chi connectivity index (χ1) is 10.8. The van der Waals surface area contributed by atoms with Gasteiger partial charge in [0.1, 0.15) is 0 Å². The van der Waals surface area contributed by atoms with Gasteiger partial charge in [-0.1, -0.05) is 0 Å². The fourth-order valence-electron chi connectivity index (χ4n) is 3.62. The second kappa shape index (κ2) is 5.02. The Labute approximate surface area is 127 Å². The lowest BCUT2D eigenvalue weighted by Crippen LogP contribution is -2.27. The summed E-state index contributed by atoms with van der Waals surface area (Å²) in [5.74, 6) is 2.01. The van der Waals surface area contributed by atoms with E-state index in [1.807, 2.05) is 24.3 Å². The summed E-state index contributed by atoms with van der Waals surface area (Å²) in [4.78, 5) is 16.6. The van der Waals surface area contributed by atoms with Gasteiger partial charge >= 0.3 is 5.69 Å². The van der Waals surface area contributed by atoms with Crippen LogP contribution in [-0.2, 0) is 0 Å². The van der Waals surface area contributed by atoms with Crippen LogP contribution in [0.5, 0.6) is 0 Å². The molecule has 2 atom stereocenters. The molecular formula is C16H17N5O. The number of nitriles is 1. The number of anilines is 1. The molecule has 1 aromatic carbocycles. The highest BCUT2D eigenvalue weighted by Gasteiger charge is 2.45. The van der Waals surface area contributed by atoms with Gasteiger partial charge in [-0.25, -0.2) is 9.89 Å². The number of aromatic amines is 2. The quantitative estimate of drug-likeness (QED) is 0.905. The van der Waals surface area contributed by atoms with Crippen LogP contribution < -0.4 is 10.6 Å². The minimum absolute atomic E-state index is 0.111. The number of nitrogens with one attached hydrogen (secondary N) is 2. The summed E-state index contributed by atoms with van der Waals surface area (Å²) in [6.07, 6.45) is 3.66. The van der Waals surface area contributed by atoms with Crippen molar-refractivity contribution in [2.75, 3.05) is 11.4 Å². The molecule has 6 heteroatoms. The van der Waals surface area contributed by atoms with Gasteiger partial charge in [-0.15, -0.1) is 0 Å². The van der Waals surface area contributed by atoms with E-state index < -0.39 is 0 Å². The van der Waals surface area contributed by atoms with Gasteiger partial charge in [0.2, 0.25) is 0 Å². The SMILES string of the molecule is N#Cc1ccc(N2CCC(C3CC3)C2c2n[nH]c(=O)[nH]2)cc1. The maximum atomic E-state index is 11.4. The van der Waals surface area contributed by atoms with E-state index in [0.717, 1.165) is 30.4 Å². The van der Waals surface area contributed by atoms with Gasteiger partial charge in [0.15, 0.2) is 5.82 Å². The first kappa shape index (κ1) is 13.1. The molecule has 2 aliphatic rings. The summed E-state index contributed by atoms with van der Waals surface area (Å²) in [6.45, 7) is 0.951. The fraction of sp³-hybridized carbons (Fsp3) is 0.438. The van der Waals surface area contributed by atoms with E-state index >= 15 is 0 Å². The summed E-state index contributed by atoms with van der Waals surface area (Å²) >= 11 is 0. The van der Waals surface area contributed by atoms with Crippen LogP contribution in [0.2, 0.25) is 0 Å². The first-order valence-corrected chi connectivity index (χ1v) is 7.67. The van der Waals surface area contributed by atoms with Crippen molar-refractivity contribution in [3.8, 4) is 6.07 Å². The van der Waals surface area contributed by atoms with Crippen LogP contribution in [0.15, 0.2) is 29.1 Å². The van der Waals surface area contributed by atoms with Gasteiger partial charge in [0.25, 0.3) is 0 Å². The Kier molecular flexibility index (Phi) is 3.00. The van der Waals surface area contributed by atoms with E-state index in [1.165, 1.54) is 12.8 Å².